The number of nitrogens with zero attached hydrogens (tertiary/aromatic N) is 1. The molecule has 3 N–H and O–H groups in total. The SMILES string of the molecule is CC1(C)C2OCCC2C1(N)C(=O)N1CC2CCC(O)C2C1. The Hall–Kier alpha value is -0.650. The fourth-order valence-electron chi connectivity index (χ4n) is 5.48. The molecule has 6 atom stereocenters. The Morgan fingerprint density at radius 1 is 1.29 bits per heavy atom. The van der Waals surface area contributed by atoms with Gasteiger partial charge in [0.1, 0.15) is 5.54 Å². The summed E-state index contributed by atoms with van der Waals surface area (Å²) in [6, 6.07) is 0. The molecular formula is C16H26N2O3. The summed E-state index contributed by atoms with van der Waals surface area (Å²) in [6.07, 6.45) is 2.69. The van der Waals surface area contributed by atoms with Gasteiger partial charge in [-0.15, -0.1) is 0 Å². The summed E-state index contributed by atoms with van der Waals surface area (Å²) in [5.41, 5.74) is 5.54. The Labute approximate surface area is 125 Å². The van der Waals surface area contributed by atoms with Gasteiger partial charge in [0.2, 0.25) is 5.91 Å². The van der Waals surface area contributed by atoms with E-state index in [1.807, 2.05) is 4.90 Å². The fourth-order valence-corrected chi connectivity index (χ4v) is 5.48. The standard InChI is InChI=1S/C16H26N2O3/c1-15(2)13-11(5-6-21-13)16(15,17)14(20)18-7-9-3-4-12(19)10(9)8-18/h9-13,19H,3-8,17H2,1-2H3. The van der Waals surface area contributed by atoms with Gasteiger partial charge in [0.05, 0.1) is 12.2 Å². The molecule has 0 spiro atoms. The second-order valence-electron chi connectivity index (χ2n) is 8.06. The van der Waals surface area contributed by atoms with Gasteiger partial charge in [0.15, 0.2) is 0 Å². The van der Waals surface area contributed by atoms with Crippen LogP contribution >= 0.6 is 0 Å². The number of rotatable bonds is 1. The van der Waals surface area contributed by atoms with E-state index in [9.17, 15) is 9.90 Å². The van der Waals surface area contributed by atoms with Crippen molar-refractivity contribution < 1.29 is 14.6 Å². The Morgan fingerprint density at radius 3 is 2.76 bits per heavy atom. The quantitative estimate of drug-likeness (QED) is 0.732. The van der Waals surface area contributed by atoms with Crippen LogP contribution in [0.25, 0.3) is 0 Å². The van der Waals surface area contributed by atoms with E-state index in [1.54, 1.807) is 0 Å². The molecule has 4 rings (SSSR count). The molecule has 2 saturated carbocycles. The van der Waals surface area contributed by atoms with Crippen molar-refractivity contribution in [2.75, 3.05) is 19.7 Å². The van der Waals surface area contributed by atoms with Crippen LogP contribution in [0.4, 0.5) is 0 Å². The highest BCUT2D eigenvalue weighted by Crippen LogP contribution is 2.59. The van der Waals surface area contributed by atoms with Gasteiger partial charge in [-0.1, -0.05) is 13.8 Å². The minimum Gasteiger partial charge on any atom is -0.393 e. The van der Waals surface area contributed by atoms with Gasteiger partial charge in [-0.3, -0.25) is 4.79 Å². The third-order valence-corrected chi connectivity index (χ3v) is 6.91. The summed E-state index contributed by atoms with van der Waals surface area (Å²) in [5.74, 6) is 0.967. The fraction of sp³-hybridized carbons (Fsp3) is 0.938. The average Bonchev–Trinajstić information content (AvgIpc) is 3.13. The Morgan fingerprint density at radius 2 is 2.05 bits per heavy atom. The normalized spacial score (nSPS) is 50.7. The summed E-state index contributed by atoms with van der Waals surface area (Å²) in [7, 11) is 0. The second-order valence-corrected chi connectivity index (χ2v) is 8.06. The van der Waals surface area contributed by atoms with Crippen LogP contribution in [-0.2, 0) is 9.53 Å². The number of nitrogens with two attached hydrogens (primary N) is 1. The zero-order chi connectivity index (χ0) is 15.0. The van der Waals surface area contributed by atoms with Crippen LogP contribution in [0.3, 0.4) is 0 Å². The van der Waals surface area contributed by atoms with E-state index >= 15 is 0 Å². The van der Waals surface area contributed by atoms with Crippen LogP contribution in [-0.4, -0.2) is 53.4 Å². The molecule has 5 nitrogen and oxygen atoms in total. The molecular weight excluding hydrogens is 268 g/mol. The van der Waals surface area contributed by atoms with Gasteiger partial charge in [-0.05, 0) is 25.2 Å². The van der Waals surface area contributed by atoms with Crippen LogP contribution in [0.5, 0.6) is 0 Å². The molecule has 0 radical (unpaired) electrons. The largest absolute Gasteiger partial charge is 0.393 e. The average molecular weight is 294 g/mol. The topological polar surface area (TPSA) is 75.8 Å². The number of aliphatic hydroxyl groups is 1. The lowest BCUT2D eigenvalue weighted by atomic mass is 9.47. The van der Waals surface area contributed by atoms with Crippen LogP contribution < -0.4 is 5.73 Å². The van der Waals surface area contributed by atoms with E-state index in [0.717, 1.165) is 32.4 Å². The molecule has 0 aromatic carbocycles. The monoisotopic (exact) mass is 294 g/mol. The number of fused-ring (bicyclic) bond motifs is 2. The zero-order valence-electron chi connectivity index (χ0n) is 12.9. The van der Waals surface area contributed by atoms with Crippen molar-refractivity contribution in [2.24, 2.45) is 28.9 Å². The molecule has 0 aromatic heterocycles. The predicted octanol–water partition coefficient (Wildman–Crippen LogP) is 0.358. The lowest BCUT2D eigenvalue weighted by molar-refractivity contribution is -0.183. The summed E-state index contributed by atoms with van der Waals surface area (Å²) < 4.78 is 5.78. The summed E-state index contributed by atoms with van der Waals surface area (Å²) in [5, 5.41) is 10.0. The van der Waals surface area contributed by atoms with Crippen LogP contribution in [0.15, 0.2) is 0 Å². The molecule has 2 saturated heterocycles. The van der Waals surface area contributed by atoms with E-state index in [1.165, 1.54) is 0 Å². The van der Waals surface area contributed by atoms with Crippen LogP contribution in [0, 0.1) is 23.2 Å². The van der Waals surface area contributed by atoms with Crippen molar-refractivity contribution in [2.45, 2.75) is 50.9 Å². The van der Waals surface area contributed by atoms with Crippen molar-refractivity contribution in [3.63, 3.8) is 0 Å². The maximum Gasteiger partial charge on any atom is 0.243 e. The van der Waals surface area contributed by atoms with Crippen molar-refractivity contribution in [3.8, 4) is 0 Å². The van der Waals surface area contributed by atoms with E-state index < -0.39 is 5.54 Å². The molecule has 118 valence electrons. The molecule has 4 fully saturated rings. The number of ether oxygens (including phenoxy) is 1. The lowest BCUT2D eigenvalue weighted by Gasteiger charge is -2.61. The lowest BCUT2D eigenvalue weighted by Crippen LogP contribution is -2.80. The first kappa shape index (κ1) is 14.0. The molecule has 0 aromatic rings. The van der Waals surface area contributed by atoms with E-state index in [4.69, 9.17) is 10.5 Å². The van der Waals surface area contributed by atoms with Gasteiger partial charge in [0.25, 0.3) is 0 Å². The number of carbonyl (C=O) groups excluding carboxylic acids is 1. The molecule has 2 heterocycles. The molecule has 1 amide bonds. The molecule has 0 bridgehead atoms. The number of likely N-dealkylation sites (tertiary alicyclic amines) is 1. The molecule has 21 heavy (non-hydrogen) atoms. The van der Waals surface area contributed by atoms with E-state index in [-0.39, 0.29) is 35.4 Å². The van der Waals surface area contributed by atoms with Crippen molar-refractivity contribution in [1.82, 2.24) is 4.90 Å². The minimum absolute atomic E-state index is 0.0841. The molecule has 4 aliphatic rings. The molecule has 6 unspecified atom stereocenters. The Bertz CT molecular complexity index is 480. The Balaban J connectivity index is 1.55. The highest BCUT2D eigenvalue weighted by molar-refractivity contribution is 5.90. The number of carbonyl (C=O) groups is 1. The molecule has 2 aliphatic carbocycles. The van der Waals surface area contributed by atoms with Crippen molar-refractivity contribution in [3.05, 3.63) is 0 Å². The number of hydrogen-bond acceptors (Lipinski definition) is 4. The van der Waals surface area contributed by atoms with E-state index in [2.05, 4.69) is 13.8 Å². The smallest absolute Gasteiger partial charge is 0.243 e. The zero-order valence-corrected chi connectivity index (χ0v) is 12.9. The first-order chi connectivity index (χ1) is 9.87. The van der Waals surface area contributed by atoms with Crippen molar-refractivity contribution >= 4 is 5.91 Å². The van der Waals surface area contributed by atoms with Gasteiger partial charge < -0.3 is 20.5 Å². The van der Waals surface area contributed by atoms with Gasteiger partial charge in [0, 0.05) is 36.9 Å². The number of aliphatic hydroxyl groups excluding tert-OH is 1. The predicted molar refractivity (Wildman–Crippen MR) is 77.3 cm³/mol. The maximum absolute atomic E-state index is 13.1. The number of amides is 1. The first-order valence-corrected chi connectivity index (χ1v) is 8.25. The second kappa shape index (κ2) is 4.21. The summed E-state index contributed by atoms with van der Waals surface area (Å²) in [4.78, 5) is 15.0. The highest BCUT2D eigenvalue weighted by Gasteiger charge is 2.72. The Kier molecular flexibility index (Phi) is 2.80. The third kappa shape index (κ3) is 1.55. The number of hydrogen-bond donors (Lipinski definition) is 2. The minimum atomic E-state index is -0.794. The first-order valence-electron chi connectivity index (χ1n) is 8.25. The van der Waals surface area contributed by atoms with E-state index in [0.29, 0.717) is 12.5 Å². The van der Waals surface area contributed by atoms with Gasteiger partial charge in [-0.25, -0.2) is 0 Å². The highest BCUT2D eigenvalue weighted by atomic mass is 16.5. The summed E-state index contributed by atoms with van der Waals surface area (Å²) >= 11 is 0. The van der Waals surface area contributed by atoms with Gasteiger partial charge >= 0.3 is 0 Å². The molecule has 2 aliphatic heterocycles. The van der Waals surface area contributed by atoms with Crippen LogP contribution in [0.1, 0.15) is 33.1 Å². The maximum atomic E-state index is 13.1. The summed E-state index contributed by atoms with van der Waals surface area (Å²) in [6.45, 7) is 6.28. The van der Waals surface area contributed by atoms with Crippen molar-refractivity contribution in [1.29, 1.82) is 0 Å². The third-order valence-electron chi connectivity index (χ3n) is 6.91. The molecule has 5 heteroatoms. The van der Waals surface area contributed by atoms with Crippen LogP contribution in [0.2, 0.25) is 0 Å². The van der Waals surface area contributed by atoms with Gasteiger partial charge in [-0.2, -0.15) is 0 Å².